The van der Waals surface area contributed by atoms with Crippen molar-refractivity contribution in [2.45, 2.75) is 0 Å². The molecular weight excluding hydrogens is 162 g/mol. The van der Waals surface area contributed by atoms with Gasteiger partial charge in [-0.15, -0.1) is 0 Å². The van der Waals surface area contributed by atoms with Gasteiger partial charge >= 0.3 is 17.4 Å². The number of nitrogens with zero attached hydrogens (tertiary/aromatic N) is 1. The minimum atomic E-state index is -1.75. The van der Waals surface area contributed by atoms with Gasteiger partial charge in [-0.1, -0.05) is 0 Å². The molecule has 51 valence electrons. The molecule has 0 aliphatic heterocycles. The van der Waals surface area contributed by atoms with Crippen molar-refractivity contribution in [3.63, 3.8) is 0 Å². The Balaban J connectivity index is -0.00000000750. The van der Waals surface area contributed by atoms with Crippen molar-refractivity contribution in [2.24, 2.45) is 0 Å². The third-order valence-electron chi connectivity index (χ3n) is 0. The summed E-state index contributed by atoms with van der Waals surface area (Å²) in [6, 6.07) is 0. The van der Waals surface area contributed by atoms with Gasteiger partial charge in [-0.3, -0.25) is 0 Å². The van der Waals surface area contributed by atoms with E-state index in [2.05, 4.69) is 0 Å². The van der Waals surface area contributed by atoms with Crippen LogP contribution in [0.4, 0.5) is 0 Å². The summed E-state index contributed by atoms with van der Waals surface area (Å²) in [5.74, 6) is 0. The summed E-state index contributed by atoms with van der Waals surface area (Å²) in [5.41, 5.74) is 0. The minimum absolute atomic E-state index is 0. The zero-order valence-electron chi connectivity index (χ0n) is 3.49. The maximum Gasteiger partial charge on any atom is 3.00 e. The molecule has 0 unspecified atom stereocenters. The fourth-order valence-electron chi connectivity index (χ4n) is 0. The average molecular weight is 166 g/mol. The quantitative estimate of drug-likeness (QED) is 0.301. The van der Waals surface area contributed by atoms with Crippen LogP contribution >= 0.6 is 0 Å². The van der Waals surface area contributed by atoms with E-state index in [0.717, 1.165) is 0 Å². The van der Waals surface area contributed by atoms with Crippen LogP contribution in [0.15, 0.2) is 0 Å². The van der Waals surface area contributed by atoms with Crippen LogP contribution < -0.4 is 0 Å². The molecule has 0 rings (SSSR count). The molecule has 8 heteroatoms. The van der Waals surface area contributed by atoms with Crippen molar-refractivity contribution < 1.29 is 38.9 Å². The Morgan fingerprint density at radius 1 is 1.12 bits per heavy atom. The molecule has 0 atom stereocenters. The van der Waals surface area contributed by atoms with Crippen molar-refractivity contribution in [3.8, 4) is 0 Å². The molecule has 1 radical (unpaired) electrons. The van der Waals surface area contributed by atoms with Crippen LogP contribution in [-0.4, -0.2) is 16.0 Å². The van der Waals surface area contributed by atoms with Gasteiger partial charge in [0, 0.05) is 0 Å². The maximum absolute atomic E-state index is 8.25. The first-order chi connectivity index (χ1) is 1.73. The van der Waals surface area contributed by atoms with Gasteiger partial charge in [-0.25, -0.2) is 0 Å². The van der Waals surface area contributed by atoms with Gasteiger partial charge in [0.15, 0.2) is 0 Å². The molecule has 0 saturated carbocycles. The van der Waals surface area contributed by atoms with Crippen molar-refractivity contribution in [1.82, 2.24) is 0 Å². The fourth-order valence-corrected chi connectivity index (χ4v) is 0. The Morgan fingerprint density at radius 2 is 1.12 bits per heavy atom. The summed E-state index contributed by atoms with van der Waals surface area (Å²) >= 11 is 0. The minimum Gasteiger partial charge on any atom is -2.00 e. The van der Waals surface area contributed by atoms with Gasteiger partial charge in [0.05, 0.1) is 5.09 Å². The molecule has 7 nitrogen and oxygen atoms in total. The summed E-state index contributed by atoms with van der Waals surface area (Å²) in [5, 5.41) is 14.8. The molecule has 0 aromatic carbocycles. The predicted octanol–water partition coefficient (Wildman–Crippen LogP) is -2.01. The second kappa shape index (κ2) is 30.5. The van der Waals surface area contributed by atoms with E-state index in [-0.39, 0.29) is 33.8 Å². The molecule has 0 amide bonds. The Morgan fingerprint density at radius 3 is 1.12 bits per heavy atom. The van der Waals surface area contributed by atoms with Crippen molar-refractivity contribution in [1.29, 1.82) is 0 Å². The largest absolute Gasteiger partial charge is 3.00 e. The summed E-state index contributed by atoms with van der Waals surface area (Å²) < 4.78 is 0. The molecule has 4 N–H and O–H groups in total. The molecule has 0 fully saturated rings. The Labute approximate surface area is 55.1 Å². The molecule has 0 saturated heterocycles. The van der Waals surface area contributed by atoms with Crippen molar-refractivity contribution in [2.75, 3.05) is 0 Å². The van der Waals surface area contributed by atoms with Crippen LogP contribution in [-0.2, 0) is 22.8 Å². The van der Waals surface area contributed by atoms with E-state index in [9.17, 15) is 0 Å². The van der Waals surface area contributed by atoms with Gasteiger partial charge in [-0.2, -0.15) is 0 Å². The van der Waals surface area contributed by atoms with E-state index < -0.39 is 5.09 Å². The van der Waals surface area contributed by atoms with Gasteiger partial charge in [0.2, 0.25) is 0 Å². The Bertz CT molecular complexity index is 31.5. The first kappa shape index (κ1) is 48.8. The molecule has 0 bridgehead atoms. The monoisotopic (exact) mass is 166 g/mol. The molecule has 0 aliphatic carbocycles. The third kappa shape index (κ3) is 795. The van der Waals surface area contributed by atoms with Crippen LogP contribution in [0, 0.1) is 15.3 Å². The molecule has 0 aromatic heterocycles. The maximum atomic E-state index is 8.25. The molecular formula is H4CrNO6. The van der Waals surface area contributed by atoms with Crippen LogP contribution in [0.5, 0.6) is 0 Å². The second-order valence-corrected chi connectivity index (χ2v) is 0.224. The number of hydrogen-bond donors (Lipinski definition) is 0. The molecule has 0 aromatic rings. The van der Waals surface area contributed by atoms with Crippen LogP contribution in [0.2, 0.25) is 0 Å². The predicted molar refractivity (Wildman–Crippen MR) is 18.3 cm³/mol. The van der Waals surface area contributed by atoms with Gasteiger partial charge in [0.25, 0.3) is 0 Å². The van der Waals surface area contributed by atoms with E-state index in [1.807, 2.05) is 0 Å². The smallest absolute Gasteiger partial charge is 2.00 e. The summed E-state index contributed by atoms with van der Waals surface area (Å²) in [6.07, 6.45) is 0. The van der Waals surface area contributed by atoms with Crippen LogP contribution in [0.1, 0.15) is 0 Å². The normalized spacial score (nSPS) is 3.00. The van der Waals surface area contributed by atoms with Crippen molar-refractivity contribution >= 4 is 0 Å². The SMILES string of the molecule is O.O.O=[N+]([O-])[O-].[Cr+3].[O-2]. The molecule has 0 heterocycles. The van der Waals surface area contributed by atoms with Gasteiger partial charge in [-0.05, 0) is 0 Å². The summed E-state index contributed by atoms with van der Waals surface area (Å²) in [7, 11) is 0. The fraction of sp³-hybridized carbons (Fsp3) is 0. The first-order valence-corrected chi connectivity index (χ1v) is 0.548. The van der Waals surface area contributed by atoms with Crippen molar-refractivity contribution in [3.05, 3.63) is 15.3 Å². The second-order valence-electron chi connectivity index (χ2n) is 0.224. The molecule has 0 aliphatic rings. The zero-order chi connectivity index (χ0) is 3.58. The number of rotatable bonds is 0. The molecule has 0 spiro atoms. The van der Waals surface area contributed by atoms with Crippen LogP contribution in [0.3, 0.4) is 0 Å². The van der Waals surface area contributed by atoms with Gasteiger partial charge < -0.3 is 31.8 Å². The zero-order valence-corrected chi connectivity index (χ0v) is 4.76. The Hall–Kier alpha value is -0.388. The van der Waals surface area contributed by atoms with E-state index in [1.54, 1.807) is 0 Å². The van der Waals surface area contributed by atoms with E-state index >= 15 is 0 Å². The Kier molecular flexibility index (Phi) is 186. The third-order valence-corrected chi connectivity index (χ3v) is 0. The molecule has 8 heavy (non-hydrogen) atoms. The van der Waals surface area contributed by atoms with E-state index in [4.69, 9.17) is 15.3 Å². The summed E-state index contributed by atoms with van der Waals surface area (Å²) in [6.45, 7) is 0. The van der Waals surface area contributed by atoms with Crippen LogP contribution in [0.25, 0.3) is 0 Å². The number of hydrogen-bond acceptors (Lipinski definition) is 3. The van der Waals surface area contributed by atoms with E-state index in [0.29, 0.717) is 0 Å². The van der Waals surface area contributed by atoms with Gasteiger partial charge in [0.1, 0.15) is 0 Å². The summed E-state index contributed by atoms with van der Waals surface area (Å²) in [4.78, 5) is 8.25. The van der Waals surface area contributed by atoms with E-state index in [1.165, 1.54) is 0 Å². The topological polar surface area (TPSA) is 158 Å². The first-order valence-electron chi connectivity index (χ1n) is 0.548. The standard InChI is InChI=1S/Cr.NO3.2H2O.O/c;2-1(3)4;;;/h;;2*1H2;/q+3;-1;;;-2. The average Bonchev–Trinajstić information content (AvgIpc) is 0.811.